The van der Waals surface area contributed by atoms with Crippen LogP contribution in [-0.2, 0) is 18.3 Å². The van der Waals surface area contributed by atoms with Crippen LogP contribution in [0.1, 0.15) is 41.5 Å². The predicted octanol–water partition coefficient (Wildman–Crippen LogP) is 4.06. The lowest BCUT2D eigenvalue weighted by molar-refractivity contribution is 0.0590. The molecule has 0 aliphatic heterocycles. The van der Waals surface area contributed by atoms with Gasteiger partial charge in [-0.05, 0) is 52.9 Å². The summed E-state index contributed by atoms with van der Waals surface area (Å²) in [4.78, 5) is 0. The number of hydrogen-bond acceptors (Lipinski definition) is 5. The molecule has 0 saturated heterocycles. The molecule has 0 aromatic carbocycles. The van der Waals surface area contributed by atoms with Crippen molar-refractivity contribution in [3.05, 3.63) is 0 Å². The monoisotopic (exact) mass is 270 g/mol. The van der Waals surface area contributed by atoms with Crippen LogP contribution in [0.5, 0.6) is 0 Å². The van der Waals surface area contributed by atoms with E-state index >= 15 is 0 Å². The highest BCUT2D eigenvalue weighted by molar-refractivity contribution is 8.55. The zero-order valence-corrected chi connectivity index (χ0v) is 12.9. The lowest BCUT2D eigenvalue weighted by Gasteiger charge is -2.31. The minimum absolute atomic E-state index is 0.281. The standard InChI is InChI=1S/C10H23O4PS/c1-9(2,3)13-15(11,16-8-12-7)14-10(4,5)6/h8H2,1-7H3. The molecule has 0 aliphatic carbocycles. The Morgan fingerprint density at radius 3 is 1.62 bits per heavy atom. The van der Waals surface area contributed by atoms with Crippen LogP contribution in [0.4, 0.5) is 0 Å². The first-order valence-corrected chi connectivity index (χ1v) is 8.26. The second-order valence-corrected chi connectivity index (χ2v) is 9.26. The molecule has 0 bridgehead atoms. The first-order valence-electron chi connectivity index (χ1n) is 5.12. The Kier molecular flexibility index (Phi) is 6.04. The molecule has 0 saturated carbocycles. The van der Waals surface area contributed by atoms with Gasteiger partial charge >= 0.3 is 6.80 Å². The molecular formula is C10H23O4PS. The van der Waals surface area contributed by atoms with Crippen molar-refractivity contribution < 1.29 is 18.3 Å². The predicted molar refractivity (Wildman–Crippen MR) is 68.7 cm³/mol. The zero-order valence-electron chi connectivity index (χ0n) is 11.2. The fourth-order valence-electron chi connectivity index (χ4n) is 0.859. The molecule has 0 aromatic heterocycles. The van der Waals surface area contributed by atoms with Crippen LogP contribution >= 0.6 is 18.2 Å². The Labute approximate surface area is 103 Å². The third-order valence-corrected chi connectivity index (χ3v) is 5.01. The van der Waals surface area contributed by atoms with Crippen molar-refractivity contribution in [2.24, 2.45) is 0 Å². The minimum atomic E-state index is -3.19. The molecule has 0 amide bonds. The molecule has 0 spiro atoms. The fraction of sp³-hybridized carbons (Fsp3) is 1.00. The van der Waals surface area contributed by atoms with E-state index in [9.17, 15) is 4.57 Å². The van der Waals surface area contributed by atoms with E-state index in [0.29, 0.717) is 0 Å². The third-order valence-electron chi connectivity index (χ3n) is 1.10. The van der Waals surface area contributed by atoms with Gasteiger partial charge in [-0.15, -0.1) is 0 Å². The summed E-state index contributed by atoms with van der Waals surface area (Å²) in [5.41, 5.74) is -1.02. The summed E-state index contributed by atoms with van der Waals surface area (Å²) in [5, 5.41) is 0. The van der Waals surface area contributed by atoms with Gasteiger partial charge in [0.15, 0.2) is 0 Å². The van der Waals surface area contributed by atoms with Crippen molar-refractivity contribution in [3.8, 4) is 0 Å². The molecule has 4 nitrogen and oxygen atoms in total. The third kappa shape index (κ3) is 8.59. The smallest absolute Gasteiger partial charge is 0.373 e. The molecular weight excluding hydrogens is 247 g/mol. The molecule has 0 atom stereocenters. The quantitative estimate of drug-likeness (QED) is 0.556. The normalized spacial score (nSPS) is 14.2. The highest BCUT2D eigenvalue weighted by Crippen LogP contribution is 2.64. The molecule has 16 heavy (non-hydrogen) atoms. The van der Waals surface area contributed by atoms with Crippen molar-refractivity contribution in [1.82, 2.24) is 0 Å². The zero-order chi connectivity index (χ0) is 13.0. The van der Waals surface area contributed by atoms with E-state index in [-0.39, 0.29) is 5.94 Å². The summed E-state index contributed by atoms with van der Waals surface area (Å²) in [6.07, 6.45) is 0. The van der Waals surface area contributed by atoms with Crippen LogP contribution in [0.2, 0.25) is 0 Å². The molecule has 0 aliphatic rings. The summed E-state index contributed by atoms with van der Waals surface area (Å²) >= 11 is 1.07. The van der Waals surface area contributed by atoms with Gasteiger partial charge < -0.3 is 4.74 Å². The van der Waals surface area contributed by atoms with E-state index < -0.39 is 18.0 Å². The molecule has 0 fully saturated rings. The van der Waals surface area contributed by atoms with Crippen LogP contribution in [0.15, 0.2) is 0 Å². The summed E-state index contributed by atoms with van der Waals surface area (Å²) in [6.45, 7) is 7.89. The molecule has 0 aromatic rings. The molecule has 0 rings (SSSR count). The van der Waals surface area contributed by atoms with Crippen molar-refractivity contribution in [1.29, 1.82) is 0 Å². The number of ether oxygens (including phenoxy) is 1. The fourth-order valence-corrected chi connectivity index (χ4v) is 4.94. The van der Waals surface area contributed by atoms with Gasteiger partial charge in [-0.1, -0.05) is 0 Å². The maximum Gasteiger partial charge on any atom is 0.392 e. The lowest BCUT2D eigenvalue weighted by atomic mass is 10.2. The Hall–Kier alpha value is 0.460. The molecule has 0 heterocycles. The van der Waals surface area contributed by atoms with Crippen molar-refractivity contribution in [2.75, 3.05) is 13.0 Å². The highest BCUT2D eigenvalue weighted by atomic mass is 32.7. The van der Waals surface area contributed by atoms with E-state index in [1.807, 2.05) is 41.5 Å². The van der Waals surface area contributed by atoms with E-state index in [1.165, 1.54) is 0 Å². The van der Waals surface area contributed by atoms with Crippen molar-refractivity contribution >= 4 is 18.2 Å². The highest BCUT2D eigenvalue weighted by Gasteiger charge is 2.35. The summed E-state index contributed by atoms with van der Waals surface area (Å²) in [7, 11) is 1.55. The first-order chi connectivity index (χ1) is 6.97. The van der Waals surface area contributed by atoms with E-state index in [4.69, 9.17) is 13.8 Å². The summed E-state index contributed by atoms with van der Waals surface area (Å²) < 4.78 is 28.4. The maximum atomic E-state index is 12.4. The largest absolute Gasteiger partial charge is 0.392 e. The van der Waals surface area contributed by atoms with Gasteiger partial charge in [0, 0.05) is 7.11 Å². The molecule has 0 N–H and O–H groups in total. The van der Waals surface area contributed by atoms with Crippen LogP contribution in [0, 0.1) is 0 Å². The Balaban J connectivity index is 4.69. The van der Waals surface area contributed by atoms with Crippen LogP contribution in [-0.4, -0.2) is 24.3 Å². The summed E-state index contributed by atoms with van der Waals surface area (Å²) in [6, 6.07) is 0. The van der Waals surface area contributed by atoms with E-state index in [1.54, 1.807) is 7.11 Å². The molecule has 98 valence electrons. The Bertz CT molecular complexity index is 235. The van der Waals surface area contributed by atoms with Crippen LogP contribution in [0.3, 0.4) is 0 Å². The average molecular weight is 270 g/mol. The van der Waals surface area contributed by atoms with Gasteiger partial charge in [-0.2, -0.15) is 0 Å². The van der Waals surface area contributed by atoms with Crippen molar-refractivity contribution in [2.45, 2.75) is 52.7 Å². The number of methoxy groups -OCH3 is 1. The van der Waals surface area contributed by atoms with E-state index in [2.05, 4.69) is 0 Å². The van der Waals surface area contributed by atoms with Gasteiger partial charge in [0.25, 0.3) is 0 Å². The SMILES string of the molecule is COCSP(=O)(OC(C)(C)C)OC(C)(C)C. The second-order valence-electron chi connectivity index (χ2n) is 5.39. The van der Waals surface area contributed by atoms with Gasteiger partial charge in [0.05, 0.1) is 11.2 Å². The number of hydrogen-bond donors (Lipinski definition) is 0. The van der Waals surface area contributed by atoms with Crippen LogP contribution < -0.4 is 0 Å². The lowest BCUT2D eigenvalue weighted by Crippen LogP contribution is -2.22. The minimum Gasteiger partial charge on any atom is -0.373 e. The Morgan fingerprint density at radius 2 is 1.38 bits per heavy atom. The van der Waals surface area contributed by atoms with Gasteiger partial charge in [-0.25, -0.2) is 4.57 Å². The van der Waals surface area contributed by atoms with Crippen LogP contribution in [0.25, 0.3) is 0 Å². The second kappa shape index (κ2) is 5.87. The Morgan fingerprint density at radius 1 is 1.00 bits per heavy atom. The maximum absolute atomic E-state index is 12.4. The number of rotatable bonds is 5. The van der Waals surface area contributed by atoms with Gasteiger partial charge in [0.1, 0.15) is 5.94 Å². The first kappa shape index (κ1) is 16.5. The molecule has 0 radical (unpaired) electrons. The van der Waals surface area contributed by atoms with Gasteiger partial charge in [0.2, 0.25) is 0 Å². The average Bonchev–Trinajstić information content (AvgIpc) is 1.93. The molecule has 6 heteroatoms. The van der Waals surface area contributed by atoms with E-state index in [0.717, 1.165) is 11.4 Å². The molecule has 0 unspecified atom stereocenters. The topological polar surface area (TPSA) is 44.8 Å². The summed E-state index contributed by atoms with van der Waals surface area (Å²) in [5.74, 6) is 0.281. The van der Waals surface area contributed by atoms with Gasteiger partial charge in [-0.3, -0.25) is 9.05 Å². The van der Waals surface area contributed by atoms with Crippen molar-refractivity contribution in [3.63, 3.8) is 0 Å².